The van der Waals surface area contributed by atoms with Gasteiger partial charge in [0.05, 0.1) is 41.3 Å². The molecular formula is C30H34N4O4S. The van der Waals surface area contributed by atoms with Crippen LogP contribution < -0.4 is 10.1 Å². The molecule has 0 spiro atoms. The van der Waals surface area contributed by atoms with Crippen molar-refractivity contribution in [2.24, 2.45) is 0 Å². The SMILES string of the molecule is C.O=C(c1cccc(-c2cc(Oc3ccc4nc(N[C@@H]5CCCC[C@H]5O)sc4c3)ccn2)c1)N1CCOCC1. The average molecular weight is 547 g/mol. The number of anilines is 1. The number of carbonyl (C=O) groups excluding carboxylic acids is 1. The molecule has 2 aromatic heterocycles. The van der Waals surface area contributed by atoms with Crippen molar-refractivity contribution in [3.63, 3.8) is 0 Å². The van der Waals surface area contributed by atoms with Crippen LogP contribution in [-0.4, -0.2) is 64.3 Å². The van der Waals surface area contributed by atoms with Crippen molar-refractivity contribution in [3.05, 3.63) is 66.4 Å². The van der Waals surface area contributed by atoms with Crippen molar-refractivity contribution < 1.29 is 19.4 Å². The Morgan fingerprint density at radius 1 is 1.05 bits per heavy atom. The minimum atomic E-state index is -0.325. The van der Waals surface area contributed by atoms with Gasteiger partial charge in [-0.25, -0.2) is 4.98 Å². The monoisotopic (exact) mass is 546 g/mol. The number of aliphatic hydroxyl groups is 1. The molecule has 1 aliphatic heterocycles. The highest BCUT2D eigenvalue weighted by Gasteiger charge is 2.24. The predicted octanol–water partition coefficient (Wildman–Crippen LogP) is 5.97. The Balaban J connectivity index is 0.00000308. The molecule has 1 saturated heterocycles. The van der Waals surface area contributed by atoms with E-state index in [-0.39, 0.29) is 25.5 Å². The summed E-state index contributed by atoms with van der Waals surface area (Å²) >= 11 is 1.56. The van der Waals surface area contributed by atoms with Crippen LogP contribution >= 0.6 is 11.3 Å². The quantitative estimate of drug-likeness (QED) is 0.307. The van der Waals surface area contributed by atoms with E-state index in [0.717, 1.165) is 52.3 Å². The van der Waals surface area contributed by atoms with Crippen LogP contribution in [0.2, 0.25) is 0 Å². The zero-order chi connectivity index (χ0) is 25.9. The highest BCUT2D eigenvalue weighted by atomic mass is 32.1. The van der Waals surface area contributed by atoms with Gasteiger partial charge in [0.1, 0.15) is 11.5 Å². The van der Waals surface area contributed by atoms with E-state index in [9.17, 15) is 9.90 Å². The van der Waals surface area contributed by atoms with Gasteiger partial charge in [0.15, 0.2) is 5.13 Å². The summed E-state index contributed by atoms with van der Waals surface area (Å²) < 4.78 is 12.6. The zero-order valence-corrected chi connectivity index (χ0v) is 21.8. The fourth-order valence-corrected chi connectivity index (χ4v) is 5.95. The Kier molecular flexibility index (Phi) is 8.40. The number of fused-ring (bicyclic) bond motifs is 1. The standard InChI is InChI=1S/C29H30N4O4S.CH4/c34-26-7-2-1-6-23(26)31-29-32-24-9-8-21(18-27(24)38-29)37-22-10-11-30-25(17-22)19-4-3-5-20(16-19)28(35)33-12-14-36-15-13-33;/h3-5,8-11,16-18,23,26,34H,1-2,6-7,12-15H2,(H,31,32);1H4/t23-,26-;/m1./s1. The van der Waals surface area contributed by atoms with Gasteiger partial charge in [0.25, 0.3) is 5.91 Å². The Bertz CT molecular complexity index is 1440. The molecule has 2 aliphatic rings. The second kappa shape index (κ2) is 12.1. The zero-order valence-electron chi connectivity index (χ0n) is 21.0. The Labute approximate surface area is 232 Å². The minimum absolute atomic E-state index is 0. The molecule has 1 amide bonds. The van der Waals surface area contributed by atoms with E-state index in [1.165, 1.54) is 0 Å². The number of thiazole rings is 1. The maximum absolute atomic E-state index is 12.9. The van der Waals surface area contributed by atoms with Crippen LogP contribution in [-0.2, 0) is 4.74 Å². The summed E-state index contributed by atoms with van der Waals surface area (Å²) in [6.07, 6.45) is 5.38. The second-order valence-corrected chi connectivity index (χ2v) is 10.7. The molecule has 0 bridgehead atoms. The predicted molar refractivity (Wildman–Crippen MR) is 155 cm³/mol. The fraction of sp³-hybridized carbons (Fsp3) is 0.367. The van der Waals surface area contributed by atoms with Crippen molar-refractivity contribution in [2.45, 2.75) is 45.3 Å². The van der Waals surface area contributed by atoms with Crippen LogP contribution in [0.5, 0.6) is 11.5 Å². The smallest absolute Gasteiger partial charge is 0.254 e. The van der Waals surface area contributed by atoms with Gasteiger partial charge in [0.2, 0.25) is 0 Å². The Morgan fingerprint density at radius 2 is 1.87 bits per heavy atom. The van der Waals surface area contributed by atoms with Crippen molar-refractivity contribution in [3.8, 4) is 22.8 Å². The minimum Gasteiger partial charge on any atom is -0.457 e. The molecule has 2 N–H and O–H groups in total. The molecule has 204 valence electrons. The number of amides is 1. The molecule has 1 aliphatic carbocycles. The van der Waals surface area contributed by atoms with Crippen LogP contribution in [0, 0.1) is 0 Å². The molecule has 4 aromatic rings. The topological polar surface area (TPSA) is 96.8 Å². The van der Waals surface area contributed by atoms with E-state index in [2.05, 4.69) is 10.3 Å². The summed E-state index contributed by atoms with van der Waals surface area (Å²) in [5.41, 5.74) is 3.12. The van der Waals surface area contributed by atoms with E-state index in [1.807, 2.05) is 59.5 Å². The van der Waals surface area contributed by atoms with Gasteiger partial charge in [-0.05, 0) is 43.2 Å². The van der Waals surface area contributed by atoms with Crippen LogP contribution in [0.4, 0.5) is 5.13 Å². The lowest BCUT2D eigenvalue weighted by molar-refractivity contribution is 0.0303. The number of nitrogens with one attached hydrogen (secondary N) is 1. The van der Waals surface area contributed by atoms with Crippen LogP contribution in [0.15, 0.2) is 60.8 Å². The van der Waals surface area contributed by atoms with Gasteiger partial charge in [0, 0.05) is 42.5 Å². The van der Waals surface area contributed by atoms with Crippen molar-refractivity contribution in [1.29, 1.82) is 0 Å². The largest absolute Gasteiger partial charge is 0.457 e. The fourth-order valence-electron chi connectivity index (χ4n) is 5.00. The van der Waals surface area contributed by atoms with E-state index in [1.54, 1.807) is 17.5 Å². The van der Waals surface area contributed by atoms with E-state index in [4.69, 9.17) is 14.5 Å². The average Bonchev–Trinajstić information content (AvgIpc) is 3.36. The number of hydrogen-bond acceptors (Lipinski definition) is 8. The molecule has 2 atom stereocenters. The van der Waals surface area contributed by atoms with Crippen molar-refractivity contribution in [1.82, 2.24) is 14.9 Å². The molecule has 8 nitrogen and oxygen atoms in total. The molecule has 2 fully saturated rings. The third-order valence-electron chi connectivity index (χ3n) is 7.07. The molecular weight excluding hydrogens is 512 g/mol. The van der Waals surface area contributed by atoms with Gasteiger partial charge in [-0.3, -0.25) is 9.78 Å². The molecule has 2 aromatic carbocycles. The molecule has 6 rings (SSSR count). The molecule has 9 heteroatoms. The number of rotatable bonds is 6. The first kappa shape index (κ1) is 27.1. The number of carbonyl (C=O) groups is 1. The van der Waals surface area contributed by atoms with Gasteiger partial charge in [-0.2, -0.15) is 0 Å². The molecule has 39 heavy (non-hydrogen) atoms. The summed E-state index contributed by atoms with van der Waals surface area (Å²) in [4.78, 5) is 24.0. The highest BCUT2D eigenvalue weighted by Crippen LogP contribution is 2.33. The molecule has 0 unspecified atom stereocenters. The lowest BCUT2D eigenvalue weighted by Gasteiger charge is -2.27. The summed E-state index contributed by atoms with van der Waals surface area (Å²) in [6.45, 7) is 2.35. The Hall–Kier alpha value is -3.53. The number of pyridine rings is 1. The summed E-state index contributed by atoms with van der Waals surface area (Å²) in [5.74, 6) is 1.37. The number of hydrogen-bond donors (Lipinski definition) is 2. The number of morpholine rings is 1. The van der Waals surface area contributed by atoms with Crippen LogP contribution in [0.3, 0.4) is 0 Å². The number of aliphatic hydroxyl groups excluding tert-OH is 1. The number of benzene rings is 2. The van der Waals surface area contributed by atoms with E-state index < -0.39 is 0 Å². The van der Waals surface area contributed by atoms with Crippen molar-refractivity contribution >= 4 is 32.6 Å². The first-order valence-corrected chi connectivity index (χ1v) is 13.9. The normalized spacial score (nSPS) is 19.4. The van der Waals surface area contributed by atoms with Crippen molar-refractivity contribution in [2.75, 3.05) is 31.6 Å². The number of ether oxygens (including phenoxy) is 2. The van der Waals surface area contributed by atoms with Gasteiger partial charge < -0.3 is 24.8 Å². The van der Waals surface area contributed by atoms with E-state index in [0.29, 0.717) is 43.4 Å². The highest BCUT2D eigenvalue weighted by molar-refractivity contribution is 7.22. The molecule has 1 saturated carbocycles. The van der Waals surface area contributed by atoms with E-state index >= 15 is 0 Å². The first-order valence-electron chi connectivity index (χ1n) is 13.1. The molecule has 0 radical (unpaired) electrons. The summed E-state index contributed by atoms with van der Waals surface area (Å²) in [7, 11) is 0. The van der Waals surface area contributed by atoms with Crippen LogP contribution in [0.25, 0.3) is 21.5 Å². The summed E-state index contributed by atoms with van der Waals surface area (Å²) in [5, 5.41) is 14.5. The van der Waals surface area contributed by atoms with Gasteiger partial charge in [-0.15, -0.1) is 0 Å². The number of nitrogens with zero attached hydrogens (tertiary/aromatic N) is 3. The lowest BCUT2D eigenvalue weighted by atomic mass is 9.93. The first-order chi connectivity index (χ1) is 18.6. The lowest BCUT2D eigenvalue weighted by Crippen LogP contribution is -2.40. The third kappa shape index (κ3) is 6.21. The van der Waals surface area contributed by atoms with Gasteiger partial charge >= 0.3 is 0 Å². The maximum atomic E-state index is 12.9. The molecule has 3 heterocycles. The maximum Gasteiger partial charge on any atom is 0.254 e. The number of aromatic nitrogens is 2. The third-order valence-corrected chi connectivity index (χ3v) is 8.02. The van der Waals surface area contributed by atoms with Gasteiger partial charge in [-0.1, -0.05) is 43.7 Å². The Morgan fingerprint density at radius 3 is 2.72 bits per heavy atom. The second-order valence-electron chi connectivity index (χ2n) is 9.72. The summed E-state index contributed by atoms with van der Waals surface area (Å²) in [6, 6.07) is 17.1. The van der Waals surface area contributed by atoms with Crippen LogP contribution in [0.1, 0.15) is 43.5 Å².